The minimum atomic E-state index is -4.47. The maximum absolute atomic E-state index is 12.2. The topological polar surface area (TPSA) is 82.8 Å². The van der Waals surface area contributed by atoms with E-state index >= 15 is 0 Å². The Morgan fingerprint density at radius 1 is 1.07 bits per heavy atom. The normalized spacial score (nSPS) is 11.5. The van der Waals surface area contributed by atoms with Crippen LogP contribution < -0.4 is 10.3 Å². The lowest BCUT2D eigenvalue weighted by molar-refractivity contribution is -0.154. The zero-order valence-electron chi connectivity index (χ0n) is 15.1. The molecule has 0 fully saturated rings. The molecule has 0 aromatic carbocycles. The summed E-state index contributed by atoms with van der Waals surface area (Å²) in [5, 5.41) is 4.28. The molecule has 0 aliphatic heterocycles. The second kappa shape index (κ2) is 7.75. The van der Waals surface area contributed by atoms with E-state index in [0.717, 1.165) is 16.8 Å². The fraction of sp³-hybridized carbons (Fsp3) is 0.278. The van der Waals surface area contributed by atoms with Crippen LogP contribution in [0.5, 0.6) is 6.01 Å². The van der Waals surface area contributed by atoms with Crippen LogP contribution in [-0.2, 0) is 6.54 Å². The average Bonchev–Trinajstić information content (AvgIpc) is 2.65. The average molecular weight is 391 g/mol. The molecule has 3 aromatic heterocycles. The minimum absolute atomic E-state index is 0.231. The Morgan fingerprint density at radius 2 is 1.79 bits per heavy atom. The molecule has 28 heavy (non-hydrogen) atoms. The standard InChI is InChI=1S/C18H16F3N5O2/c1-11-5-13(6-22-12(11)2)9-26-16(27)4-3-15(25-26)14-7-23-17(24-8-14)28-10-18(19,20)21/h3-8H,9-10H2,1-2H3. The third kappa shape index (κ3) is 4.90. The van der Waals surface area contributed by atoms with Crippen LogP contribution in [0.25, 0.3) is 11.3 Å². The third-order valence-corrected chi connectivity index (χ3v) is 3.88. The number of hydrogen-bond donors (Lipinski definition) is 0. The van der Waals surface area contributed by atoms with Crippen molar-refractivity contribution in [2.45, 2.75) is 26.6 Å². The van der Waals surface area contributed by atoms with Crippen LogP contribution in [0.2, 0.25) is 0 Å². The van der Waals surface area contributed by atoms with Crippen molar-refractivity contribution < 1.29 is 17.9 Å². The van der Waals surface area contributed by atoms with Gasteiger partial charge in [0.1, 0.15) is 0 Å². The van der Waals surface area contributed by atoms with Gasteiger partial charge in [0.15, 0.2) is 6.61 Å². The molecule has 10 heteroatoms. The molecule has 0 N–H and O–H groups in total. The number of alkyl halides is 3. The van der Waals surface area contributed by atoms with E-state index < -0.39 is 18.8 Å². The first-order valence-corrected chi connectivity index (χ1v) is 8.23. The molecule has 0 radical (unpaired) electrons. The molecule has 3 heterocycles. The number of aryl methyl sites for hydroxylation is 2. The van der Waals surface area contributed by atoms with Crippen molar-refractivity contribution in [3.05, 3.63) is 64.0 Å². The molecule has 7 nitrogen and oxygen atoms in total. The monoisotopic (exact) mass is 391 g/mol. The summed E-state index contributed by atoms with van der Waals surface area (Å²) in [6, 6.07) is 4.38. The molecule has 0 spiro atoms. The molecule has 0 bridgehead atoms. The highest BCUT2D eigenvalue weighted by molar-refractivity contribution is 5.55. The van der Waals surface area contributed by atoms with Crippen LogP contribution in [-0.4, -0.2) is 37.5 Å². The number of halogens is 3. The van der Waals surface area contributed by atoms with Gasteiger partial charge in [0.2, 0.25) is 0 Å². The van der Waals surface area contributed by atoms with Crippen molar-refractivity contribution in [1.82, 2.24) is 24.7 Å². The van der Waals surface area contributed by atoms with Crippen molar-refractivity contribution in [3.63, 3.8) is 0 Å². The Bertz CT molecular complexity index is 1030. The van der Waals surface area contributed by atoms with Gasteiger partial charge in [-0.1, -0.05) is 6.07 Å². The molecular formula is C18H16F3N5O2. The molecule has 0 atom stereocenters. The Morgan fingerprint density at radius 3 is 2.43 bits per heavy atom. The van der Waals surface area contributed by atoms with E-state index in [1.54, 1.807) is 6.20 Å². The summed E-state index contributed by atoms with van der Waals surface area (Å²) >= 11 is 0. The van der Waals surface area contributed by atoms with Crippen LogP contribution in [0.15, 0.2) is 41.6 Å². The fourth-order valence-corrected chi connectivity index (χ4v) is 2.35. The summed E-state index contributed by atoms with van der Waals surface area (Å²) in [6.45, 7) is 2.58. The van der Waals surface area contributed by atoms with Gasteiger partial charge in [0, 0.05) is 35.9 Å². The zero-order chi connectivity index (χ0) is 20.3. The van der Waals surface area contributed by atoms with Crippen LogP contribution in [0.4, 0.5) is 13.2 Å². The molecule has 0 aliphatic carbocycles. The van der Waals surface area contributed by atoms with Crippen molar-refractivity contribution in [2.24, 2.45) is 0 Å². The lowest BCUT2D eigenvalue weighted by Crippen LogP contribution is -2.23. The number of ether oxygens (including phenoxy) is 1. The molecule has 0 aliphatic rings. The first-order valence-electron chi connectivity index (χ1n) is 8.23. The summed E-state index contributed by atoms with van der Waals surface area (Å²) in [7, 11) is 0. The van der Waals surface area contributed by atoms with Gasteiger partial charge in [0.25, 0.3) is 5.56 Å². The summed E-state index contributed by atoms with van der Waals surface area (Å²) in [5.74, 6) is 0. The van der Waals surface area contributed by atoms with Crippen molar-refractivity contribution in [1.29, 1.82) is 0 Å². The first kappa shape index (κ1) is 19.5. The van der Waals surface area contributed by atoms with E-state index in [9.17, 15) is 18.0 Å². The maximum atomic E-state index is 12.2. The first-order chi connectivity index (χ1) is 13.2. The predicted octanol–water partition coefficient (Wildman–Crippen LogP) is 2.70. The fourth-order valence-electron chi connectivity index (χ4n) is 2.35. The molecular weight excluding hydrogens is 375 g/mol. The van der Waals surface area contributed by atoms with Gasteiger partial charge in [0.05, 0.1) is 12.2 Å². The minimum Gasteiger partial charge on any atom is -0.454 e. The van der Waals surface area contributed by atoms with E-state index in [2.05, 4.69) is 24.8 Å². The van der Waals surface area contributed by atoms with Crippen LogP contribution in [0.1, 0.15) is 16.8 Å². The molecule has 0 saturated heterocycles. The van der Waals surface area contributed by atoms with Gasteiger partial charge in [-0.15, -0.1) is 0 Å². The molecule has 146 valence electrons. The van der Waals surface area contributed by atoms with E-state index in [4.69, 9.17) is 0 Å². The van der Waals surface area contributed by atoms with Gasteiger partial charge in [-0.2, -0.15) is 18.3 Å². The summed E-state index contributed by atoms with van der Waals surface area (Å²) < 4.78 is 42.2. The molecule has 0 saturated carbocycles. The van der Waals surface area contributed by atoms with E-state index in [0.29, 0.717) is 11.3 Å². The van der Waals surface area contributed by atoms with Crippen LogP contribution >= 0.6 is 0 Å². The molecule has 3 aromatic rings. The van der Waals surface area contributed by atoms with Gasteiger partial charge < -0.3 is 4.74 Å². The SMILES string of the molecule is Cc1cc(Cn2nc(-c3cnc(OCC(F)(F)F)nc3)ccc2=O)cnc1C. The Balaban J connectivity index is 1.80. The lowest BCUT2D eigenvalue weighted by Gasteiger charge is -2.09. The third-order valence-electron chi connectivity index (χ3n) is 3.88. The smallest absolute Gasteiger partial charge is 0.422 e. The number of nitrogens with zero attached hydrogens (tertiary/aromatic N) is 5. The van der Waals surface area contributed by atoms with Gasteiger partial charge in [-0.3, -0.25) is 9.78 Å². The predicted molar refractivity (Wildman–Crippen MR) is 93.9 cm³/mol. The number of aromatic nitrogens is 5. The molecule has 0 unspecified atom stereocenters. The van der Waals surface area contributed by atoms with E-state index in [-0.39, 0.29) is 12.1 Å². The summed E-state index contributed by atoms with van der Waals surface area (Å²) in [6.07, 6.45) is -0.220. The van der Waals surface area contributed by atoms with Crippen LogP contribution in [0, 0.1) is 13.8 Å². The summed E-state index contributed by atoms with van der Waals surface area (Å²) in [4.78, 5) is 23.9. The number of rotatable bonds is 5. The lowest BCUT2D eigenvalue weighted by atomic mass is 10.1. The highest BCUT2D eigenvalue weighted by Gasteiger charge is 2.28. The highest BCUT2D eigenvalue weighted by Crippen LogP contribution is 2.18. The number of pyridine rings is 1. The molecule has 3 rings (SSSR count). The van der Waals surface area contributed by atoms with Crippen molar-refractivity contribution in [3.8, 4) is 17.3 Å². The zero-order valence-corrected chi connectivity index (χ0v) is 15.1. The summed E-state index contributed by atoms with van der Waals surface area (Å²) in [5.41, 5.74) is 3.27. The number of hydrogen-bond acceptors (Lipinski definition) is 6. The van der Waals surface area contributed by atoms with Gasteiger partial charge in [-0.25, -0.2) is 14.6 Å². The van der Waals surface area contributed by atoms with Crippen LogP contribution in [0.3, 0.4) is 0 Å². The van der Waals surface area contributed by atoms with E-state index in [1.165, 1.54) is 29.2 Å². The Labute approximate surface area is 157 Å². The highest BCUT2D eigenvalue weighted by atomic mass is 19.4. The Hall–Kier alpha value is -3.30. The van der Waals surface area contributed by atoms with Gasteiger partial charge >= 0.3 is 12.2 Å². The van der Waals surface area contributed by atoms with Gasteiger partial charge in [-0.05, 0) is 31.0 Å². The largest absolute Gasteiger partial charge is 0.454 e. The van der Waals surface area contributed by atoms with Crippen molar-refractivity contribution >= 4 is 0 Å². The second-order valence-electron chi connectivity index (χ2n) is 6.12. The maximum Gasteiger partial charge on any atom is 0.422 e. The van der Waals surface area contributed by atoms with E-state index in [1.807, 2.05) is 19.9 Å². The van der Waals surface area contributed by atoms with Crippen molar-refractivity contribution in [2.75, 3.05) is 6.61 Å². The molecule has 0 amide bonds. The Kier molecular flexibility index (Phi) is 5.39. The quantitative estimate of drug-likeness (QED) is 0.665. The second-order valence-corrected chi connectivity index (χ2v) is 6.12.